The van der Waals surface area contributed by atoms with E-state index in [0.29, 0.717) is 29.2 Å². The van der Waals surface area contributed by atoms with Gasteiger partial charge in [0.1, 0.15) is 12.3 Å². The number of methoxy groups -OCH3 is 1. The summed E-state index contributed by atoms with van der Waals surface area (Å²) >= 11 is 0. The van der Waals surface area contributed by atoms with Crippen LogP contribution in [0.1, 0.15) is 13.3 Å². The number of ether oxygens (including phenoxy) is 1. The zero-order valence-electron chi connectivity index (χ0n) is 19.4. The molecule has 0 atom stereocenters. The van der Waals surface area contributed by atoms with Gasteiger partial charge in [-0.05, 0) is 61.0 Å². The van der Waals surface area contributed by atoms with Crippen LogP contribution in [0.5, 0.6) is 5.75 Å². The number of imidazole rings is 1. The van der Waals surface area contributed by atoms with E-state index in [9.17, 15) is 18.0 Å². The van der Waals surface area contributed by atoms with Gasteiger partial charge in [-0.25, -0.2) is 13.2 Å². The number of rotatable bonds is 9. The molecule has 4 rings (SSSR count). The van der Waals surface area contributed by atoms with E-state index in [4.69, 9.17) is 4.74 Å². The van der Waals surface area contributed by atoms with E-state index in [0.717, 1.165) is 11.9 Å². The van der Waals surface area contributed by atoms with Crippen molar-refractivity contribution in [1.82, 2.24) is 9.13 Å². The Labute approximate surface area is 203 Å². The molecule has 0 aliphatic carbocycles. The summed E-state index contributed by atoms with van der Waals surface area (Å²) in [6.45, 7) is 2.34. The van der Waals surface area contributed by atoms with E-state index in [-0.39, 0.29) is 17.1 Å². The van der Waals surface area contributed by atoms with E-state index < -0.39 is 15.9 Å². The number of amides is 1. The lowest BCUT2D eigenvalue weighted by atomic mass is 10.3. The zero-order valence-corrected chi connectivity index (χ0v) is 20.2. The minimum absolute atomic E-state index is 0.0113. The quantitative estimate of drug-likeness (QED) is 0.369. The number of aromatic nitrogens is 2. The Morgan fingerprint density at radius 3 is 2.26 bits per heavy atom. The molecule has 4 aromatic rings. The maximum absolute atomic E-state index is 12.9. The van der Waals surface area contributed by atoms with E-state index in [1.165, 1.54) is 29.9 Å². The van der Waals surface area contributed by atoms with Gasteiger partial charge in [0.05, 0.1) is 23.0 Å². The van der Waals surface area contributed by atoms with Gasteiger partial charge in [-0.3, -0.25) is 18.7 Å². The van der Waals surface area contributed by atoms with E-state index in [1.807, 2.05) is 25.1 Å². The summed E-state index contributed by atoms with van der Waals surface area (Å²) in [6, 6.07) is 19.7. The van der Waals surface area contributed by atoms with Crippen LogP contribution in [-0.2, 0) is 27.9 Å². The first-order chi connectivity index (χ1) is 16.8. The Morgan fingerprint density at radius 1 is 0.914 bits per heavy atom. The van der Waals surface area contributed by atoms with Gasteiger partial charge < -0.3 is 10.1 Å². The minimum Gasteiger partial charge on any atom is -0.497 e. The molecule has 0 saturated carbocycles. The molecular formula is C25H26N4O5S. The van der Waals surface area contributed by atoms with Crippen LogP contribution in [0.4, 0.5) is 11.4 Å². The van der Waals surface area contributed by atoms with Gasteiger partial charge in [0, 0.05) is 17.9 Å². The number of hydrogen-bond donors (Lipinski definition) is 2. The Morgan fingerprint density at radius 2 is 1.60 bits per heavy atom. The summed E-state index contributed by atoms with van der Waals surface area (Å²) in [6.07, 6.45) is 0.784. The van der Waals surface area contributed by atoms with Gasteiger partial charge in [0.2, 0.25) is 5.91 Å². The largest absolute Gasteiger partial charge is 0.497 e. The topological polar surface area (TPSA) is 111 Å². The maximum atomic E-state index is 12.9. The molecule has 0 saturated heterocycles. The molecule has 0 unspecified atom stereocenters. The molecule has 182 valence electrons. The number of benzene rings is 3. The summed E-state index contributed by atoms with van der Waals surface area (Å²) in [5.41, 5.74) is 1.86. The number of nitrogens with one attached hydrogen (secondary N) is 2. The van der Waals surface area contributed by atoms with Gasteiger partial charge >= 0.3 is 5.69 Å². The molecule has 0 radical (unpaired) electrons. The average Bonchev–Trinajstić information content (AvgIpc) is 3.11. The van der Waals surface area contributed by atoms with E-state index >= 15 is 0 Å². The van der Waals surface area contributed by atoms with Crippen LogP contribution >= 0.6 is 0 Å². The molecule has 35 heavy (non-hydrogen) atoms. The lowest BCUT2D eigenvalue weighted by Gasteiger charge is -2.11. The van der Waals surface area contributed by atoms with Gasteiger partial charge in [-0.15, -0.1) is 0 Å². The fourth-order valence-electron chi connectivity index (χ4n) is 3.82. The van der Waals surface area contributed by atoms with Crippen LogP contribution in [0.2, 0.25) is 0 Å². The van der Waals surface area contributed by atoms with Crippen LogP contribution < -0.4 is 20.5 Å². The smallest absolute Gasteiger partial charge is 0.329 e. The highest BCUT2D eigenvalue weighted by atomic mass is 32.2. The number of carbonyl (C=O) groups is 1. The molecule has 9 nitrogen and oxygen atoms in total. The molecule has 0 aliphatic rings. The van der Waals surface area contributed by atoms with Crippen LogP contribution in [0, 0.1) is 0 Å². The fraction of sp³-hybridized carbons (Fsp3) is 0.200. The Hall–Kier alpha value is -4.05. The molecular weight excluding hydrogens is 468 g/mol. The molecule has 1 aromatic heterocycles. The first kappa shape index (κ1) is 24.1. The second-order valence-electron chi connectivity index (χ2n) is 7.92. The summed E-state index contributed by atoms with van der Waals surface area (Å²) in [4.78, 5) is 25.7. The van der Waals surface area contributed by atoms with Crippen LogP contribution in [0.15, 0.2) is 82.5 Å². The molecule has 3 aromatic carbocycles. The standard InChI is InChI=1S/C25H26N4O5S/c1-3-15-28-22-9-4-5-10-23(22)29(25(28)31)17-24(30)26-19-7-6-8-21(16-19)35(32,33)27-18-11-13-20(34-2)14-12-18/h4-14,16,27H,3,15,17H2,1-2H3,(H,26,30). The molecule has 1 amide bonds. The normalized spacial score (nSPS) is 11.4. The number of para-hydroxylation sites is 2. The summed E-state index contributed by atoms with van der Waals surface area (Å²) < 4.78 is 36.3. The van der Waals surface area contributed by atoms with Crippen molar-refractivity contribution in [3.63, 3.8) is 0 Å². The number of hydrogen-bond acceptors (Lipinski definition) is 5. The minimum atomic E-state index is -3.89. The highest BCUT2D eigenvalue weighted by molar-refractivity contribution is 7.92. The second kappa shape index (κ2) is 10.1. The molecule has 2 N–H and O–H groups in total. The number of carbonyl (C=O) groups excluding carboxylic acids is 1. The van der Waals surface area contributed by atoms with Crippen molar-refractivity contribution in [2.75, 3.05) is 17.1 Å². The summed E-state index contributed by atoms with van der Waals surface area (Å²) in [5.74, 6) is 0.166. The van der Waals surface area contributed by atoms with Crippen LogP contribution in [0.3, 0.4) is 0 Å². The van der Waals surface area contributed by atoms with E-state index in [2.05, 4.69) is 10.0 Å². The predicted molar refractivity (Wildman–Crippen MR) is 135 cm³/mol. The number of fused-ring (bicyclic) bond motifs is 1. The second-order valence-corrected chi connectivity index (χ2v) is 9.60. The van der Waals surface area contributed by atoms with Crippen molar-refractivity contribution in [1.29, 1.82) is 0 Å². The third-order valence-electron chi connectivity index (χ3n) is 5.44. The lowest BCUT2D eigenvalue weighted by Crippen LogP contribution is -2.29. The first-order valence-corrected chi connectivity index (χ1v) is 12.6. The van der Waals surface area contributed by atoms with Crippen molar-refractivity contribution in [3.05, 3.63) is 83.3 Å². The lowest BCUT2D eigenvalue weighted by molar-refractivity contribution is -0.116. The van der Waals surface area contributed by atoms with Crippen LogP contribution in [-0.4, -0.2) is 30.6 Å². The van der Waals surface area contributed by atoms with Crippen molar-refractivity contribution in [2.24, 2.45) is 0 Å². The Bertz CT molecular complexity index is 1520. The maximum Gasteiger partial charge on any atom is 0.329 e. The molecule has 0 aliphatic heterocycles. The molecule has 0 fully saturated rings. The van der Waals surface area contributed by atoms with Crippen molar-refractivity contribution < 1.29 is 17.9 Å². The highest BCUT2D eigenvalue weighted by Crippen LogP contribution is 2.21. The summed E-state index contributed by atoms with van der Waals surface area (Å²) in [7, 11) is -2.36. The third kappa shape index (κ3) is 5.22. The monoisotopic (exact) mass is 494 g/mol. The Balaban J connectivity index is 1.52. The number of aryl methyl sites for hydroxylation is 1. The highest BCUT2D eigenvalue weighted by Gasteiger charge is 2.17. The van der Waals surface area contributed by atoms with Crippen molar-refractivity contribution >= 4 is 38.3 Å². The molecule has 10 heteroatoms. The average molecular weight is 495 g/mol. The number of anilines is 2. The number of nitrogens with zero attached hydrogens (tertiary/aromatic N) is 2. The van der Waals surface area contributed by atoms with E-state index in [1.54, 1.807) is 41.0 Å². The van der Waals surface area contributed by atoms with Gasteiger partial charge in [0.15, 0.2) is 0 Å². The number of sulfonamides is 1. The predicted octanol–water partition coefficient (Wildman–Crippen LogP) is 3.66. The molecule has 1 heterocycles. The Kier molecular flexibility index (Phi) is 6.92. The first-order valence-electron chi connectivity index (χ1n) is 11.1. The van der Waals surface area contributed by atoms with Crippen molar-refractivity contribution in [2.45, 2.75) is 31.3 Å². The van der Waals surface area contributed by atoms with Gasteiger partial charge in [-0.2, -0.15) is 0 Å². The van der Waals surface area contributed by atoms with Crippen molar-refractivity contribution in [3.8, 4) is 5.75 Å². The fourth-order valence-corrected chi connectivity index (χ4v) is 4.93. The summed E-state index contributed by atoms with van der Waals surface area (Å²) in [5, 5.41) is 2.70. The van der Waals surface area contributed by atoms with Crippen LogP contribution in [0.25, 0.3) is 11.0 Å². The van der Waals surface area contributed by atoms with Gasteiger partial charge in [-0.1, -0.05) is 25.1 Å². The molecule has 0 bridgehead atoms. The SMILES string of the molecule is CCCn1c(=O)n(CC(=O)Nc2cccc(S(=O)(=O)Nc3ccc(OC)cc3)c2)c2ccccc21. The molecule has 0 spiro atoms. The third-order valence-corrected chi connectivity index (χ3v) is 6.82. The van der Waals surface area contributed by atoms with Gasteiger partial charge in [0.25, 0.3) is 10.0 Å². The zero-order chi connectivity index (χ0) is 25.0.